The first-order valence-electron chi connectivity index (χ1n) is 10.1. The Morgan fingerprint density at radius 3 is 2.45 bits per heavy atom. The summed E-state index contributed by atoms with van der Waals surface area (Å²) in [6, 6.07) is 7.50. The van der Waals surface area contributed by atoms with E-state index in [2.05, 4.69) is 10.6 Å². The van der Waals surface area contributed by atoms with E-state index in [1.807, 2.05) is 13.8 Å². The van der Waals surface area contributed by atoms with Gasteiger partial charge in [-0.3, -0.25) is 9.59 Å². The second-order valence-corrected chi connectivity index (χ2v) is 8.88. The van der Waals surface area contributed by atoms with Gasteiger partial charge in [0.25, 0.3) is 5.91 Å². The zero-order valence-corrected chi connectivity index (χ0v) is 19.0. The topological polar surface area (TPSA) is 118 Å². The smallest absolute Gasteiger partial charge is 0.286 e. The zero-order valence-electron chi connectivity index (χ0n) is 18.2. The Hall–Kier alpha value is -2.85. The second kappa shape index (κ2) is 11.0. The molecule has 10 heteroatoms. The summed E-state index contributed by atoms with van der Waals surface area (Å²) in [6.45, 7) is 7.93. The quantitative estimate of drug-likeness (QED) is 0.542. The lowest BCUT2D eigenvalue weighted by Crippen LogP contribution is -2.30. The van der Waals surface area contributed by atoms with Crippen molar-refractivity contribution in [3.63, 3.8) is 0 Å². The lowest BCUT2D eigenvalue weighted by Gasteiger charge is -2.20. The largest absolute Gasteiger partial charge is 0.489 e. The average Bonchev–Trinajstić information content (AvgIpc) is 3.24. The molecule has 0 radical (unpaired) electrons. The molecule has 0 saturated heterocycles. The summed E-state index contributed by atoms with van der Waals surface area (Å²) in [7, 11) is -3.70. The van der Waals surface area contributed by atoms with Gasteiger partial charge in [-0.05, 0) is 44.2 Å². The van der Waals surface area contributed by atoms with Crippen LogP contribution in [0.1, 0.15) is 44.7 Å². The van der Waals surface area contributed by atoms with Crippen LogP contribution in [0, 0.1) is 0 Å². The lowest BCUT2D eigenvalue weighted by atomic mass is 10.2. The number of nitrogens with one attached hydrogen (secondary N) is 2. The van der Waals surface area contributed by atoms with Crippen molar-refractivity contribution < 1.29 is 27.2 Å². The van der Waals surface area contributed by atoms with E-state index in [0.717, 1.165) is 0 Å². The van der Waals surface area contributed by atoms with Crippen LogP contribution >= 0.6 is 0 Å². The van der Waals surface area contributed by atoms with Gasteiger partial charge < -0.3 is 19.8 Å². The highest BCUT2D eigenvalue weighted by atomic mass is 32.2. The SMILES string of the molecule is CCN(CC)S(=O)(=O)c1ccc(OC(C)C)c(NC(=O)CCNC(=O)c2ccco2)c1. The molecule has 0 unspecified atom stereocenters. The van der Waals surface area contributed by atoms with Crippen molar-refractivity contribution in [3.05, 3.63) is 42.4 Å². The minimum atomic E-state index is -3.70. The van der Waals surface area contributed by atoms with Crippen molar-refractivity contribution in [2.24, 2.45) is 0 Å². The van der Waals surface area contributed by atoms with Gasteiger partial charge in [0.2, 0.25) is 15.9 Å². The number of sulfonamides is 1. The summed E-state index contributed by atoms with van der Waals surface area (Å²) >= 11 is 0. The molecule has 170 valence electrons. The number of furan rings is 1. The summed E-state index contributed by atoms with van der Waals surface area (Å²) in [5, 5.41) is 5.28. The van der Waals surface area contributed by atoms with Crippen molar-refractivity contribution in [1.82, 2.24) is 9.62 Å². The van der Waals surface area contributed by atoms with Gasteiger partial charge in [0, 0.05) is 26.1 Å². The molecular weight excluding hydrogens is 422 g/mol. The molecule has 0 saturated carbocycles. The summed E-state index contributed by atoms with van der Waals surface area (Å²) in [5.74, 6) is -0.302. The van der Waals surface area contributed by atoms with E-state index < -0.39 is 21.8 Å². The van der Waals surface area contributed by atoms with Crippen LogP contribution in [0.25, 0.3) is 0 Å². The molecule has 2 rings (SSSR count). The van der Waals surface area contributed by atoms with Crippen LogP contribution in [0.15, 0.2) is 45.9 Å². The highest BCUT2D eigenvalue weighted by molar-refractivity contribution is 7.89. The van der Waals surface area contributed by atoms with Crippen molar-refractivity contribution >= 4 is 27.5 Å². The van der Waals surface area contributed by atoms with Crippen molar-refractivity contribution in [2.45, 2.75) is 45.1 Å². The Morgan fingerprint density at radius 2 is 1.87 bits per heavy atom. The molecular formula is C21H29N3O6S. The van der Waals surface area contributed by atoms with Gasteiger partial charge in [-0.15, -0.1) is 0 Å². The van der Waals surface area contributed by atoms with E-state index in [1.165, 1.54) is 34.8 Å². The number of carbonyl (C=O) groups excluding carboxylic acids is 2. The Balaban J connectivity index is 2.14. The van der Waals surface area contributed by atoms with Gasteiger partial charge >= 0.3 is 0 Å². The molecule has 1 heterocycles. The lowest BCUT2D eigenvalue weighted by molar-refractivity contribution is -0.116. The third-order valence-electron chi connectivity index (χ3n) is 4.31. The third kappa shape index (κ3) is 6.56. The fourth-order valence-corrected chi connectivity index (χ4v) is 4.32. The number of carbonyl (C=O) groups is 2. The summed E-state index contributed by atoms with van der Waals surface area (Å²) in [5.41, 5.74) is 0.254. The number of rotatable bonds is 11. The number of anilines is 1. The van der Waals surface area contributed by atoms with Gasteiger partial charge in [0.15, 0.2) is 5.76 Å². The fourth-order valence-electron chi connectivity index (χ4n) is 2.83. The number of ether oxygens (including phenoxy) is 1. The molecule has 0 aliphatic rings. The molecule has 1 aromatic carbocycles. The molecule has 0 fully saturated rings. The Bertz CT molecular complexity index is 983. The first kappa shape index (κ1) is 24.4. The first-order chi connectivity index (χ1) is 14.7. The molecule has 0 aliphatic heterocycles. The minimum absolute atomic E-state index is 0.0133. The predicted octanol–water partition coefficient (Wildman–Crippen LogP) is 2.86. The molecule has 0 spiro atoms. The van der Waals surface area contributed by atoms with Crippen LogP contribution in [0.3, 0.4) is 0 Å². The first-order valence-corrected chi connectivity index (χ1v) is 11.5. The average molecular weight is 452 g/mol. The Kier molecular flexibility index (Phi) is 8.64. The highest BCUT2D eigenvalue weighted by Gasteiger charge is 2.23. The Labute approximate surface area is 182 Å². The van der Waals surface area contributed by atoms with E-state index in [0.29, 0.717) is 18.8 Å². The third-order valence-corrected chi connectivity index (χ3v) is 6.36. The number of hydrogen-bond acceptors (Lipinski definition) is 6. The molecule has 0 atom stereocenters. The van der Waals surface area contributed by atoms with Gasteiger partial charge in [-0.1, -0.05) is 13.8 Å². The number of nitrogens with zero attached hydrogens (tertiary/aromatic N) is 1. The highest BCUT2D eigenvalue weighted by Crippen LogP contribution is 2.30. The molecule has 9 nitrogen and oxygen atoms in total. The fraction of sp³-hybridized carbons (Fsp3) is 0.429. The van der Waals surface area contributed by atoms with Crippen LogP contribution in [-0.4, -0.2) is 50.3 Å². The maximum Gasteiger partial charge on any atom is 0.286 e. The summed E-state index contributed by atoms with van der Waals surface area (Å²) < 4.78 is 37.7. The maximum absolute atomic E-state index is 12.8. The summed E-state index contributed by atoms with van der Waals surface area (Å²) in [4.78, 5) is 24.4. The van der Waals surface area contributed by atoms with Crippen molar-refractivity contribution in [1.29, 1.82) is 0 Å². The molecule has 1 aromatic heterocycles. The molecule has 0 aliphatic carbocycles. The van der Waals surface area contributed by atoms with E-state index in [-0.39, 0.29) is 35.4 Å². The van der Waals surface area contributed by atoms with Crippen LogP contribution in [-0.2, 0) is 14.8 Å². The van der Waals surface area contributed by atoms with Crippen molar-refractivity contribution in [3.8, 4) is 5.75 Å². The van der Waals surface area contributed by atoms with E-state index in [4.69, 9.17) is 9.15 Å². The Morgan fingerprint density at radius 1 is 1.16 bits per heavy atom. The normalized spacial score (nSPS) is 11.5. The number of benzene rings is 1. The van der Waals surface area contributed by atoms with Crippen LogP contribution in [0.5, 0.6) is 5.75 Å². The number of hydrogen-bond donors (Lipinski definition) is 2. The standard InChI is InChI=1S/C21H29N3O6S/c1-5-24(6-2)31(27,28)16-9-10-18(30-15(3)4)17(14-16)23-20(25)11-12-22-21(26)19-8-7-13-29-19/h7-10,13-15H,5-6,11-12H2,1-4H3,(H,22,26)(H,23,25). The van der Waals surface area contributed by atoms with Gasteiger partial charge in [-0.25, -0.2) is 8.42 Å². The monoisotopic (exact) mass is 451 g/mol. The molecule has 2 N–H and O–H groups in total. The molecule has 2 amide bonds. The zero-order chi connectivity index (χ0) is 23.0. The number of amides is 2. The summed E-state index contributed by atoms with van der Waals surface area (Å²) in [6.07, 6.45) is 1.20. The van der Waals surface area contributed by atoms with Crippen LogP contribution in [0.4, 0.5) is 5.69 Å². The molecule has 31 heavy (non-hydrogen) atoms. The van der Waals surface area contributed by atoms with E-state index >= 15 is 0 Å². The molecule has 0 bridgehead atoms. The van der Waals surface area contributed by atoms with Crippen LogP contribution < -0.4 is 15.4 Å². The van der Waals surface area contributed by atoms with E-state index in [1.54, 1.807) is 19.9 Å². The minimum Gasteiger partial charge on any atom is -0.489 e. The van der Waals surface area contributed by atoms with Gasteiger partial charge in [0.05, 0.1) is 22.9 Å². The van der Waals surface area contributed by atoms with Gasteiger partial charge in [0.1, 0.15) is 5.75 Å². The maximum atomic E-state index is 12.8. The van der Waals surface area contributed by atoms with E-state index in [9.17, 15) is 18.0 Å². The van der Waals surface area contributed by atoms with Crippen molar-refractivity contribution in [2.75, 3.05) is 25.0 Å². The predicted molar refractivity (Wildman–Crippen MR) is 117 cm³/mol. The van der Waals surface area contributed by atoms with Gasteiger partial charge in [-0.2, -0.15) is 4.31 Å². The second-order valence-electron chi connectivity index (χ2n) is 6.95. The van der Waals surface area contributed by atoms with Crippen LogP contribution in [0.2, 0.25) is 0 Å². The molecule has 2 aromatic rings.